The third-order valence-corrected chi connectivity index (χ3v) is 3.55. The smallest absolute Gasteiger partial charge is 0.255 e. The van der Waals surface area contributed by atoms with E-state index in [1.165, 1.54) is 6.07 Å². The molecule has 7 heteroatoms. The quantitative estimate of drug-likeness (QED) is 0.430. The SMILES string of the molecule is CN1CCc2c(Br)cc([N+](=O)[O-])c([NH-])c2C1.[Ac]. The molecular formula is C10H11AcBrN3O2-. The van der Waals surface area contributed by atoms with Gasteiger partial charge in [-0.15, -0.1) is 0 Å². The van der Waals surface area contributed by atoms with Gasteiger partial charge in [0.25, 0.3) is 5.69 Å². The minimum atomic E-state index is -0.498. The molecule has 1 radical (unpaired) electrons. The number of nitrogens with zero attached hydrogens (tertiary/aromatic N) is 2. The minimum Gasteiger partial charge on any atom is -0.693 e. The molecule has 1 aromatic carbocycles. The van der Waals surface area contributed by atoms with Crippen LogP contribution in [0.1, 0.15) is 11.1 Å². The fourth-order valence-electron chi connectivity index (χ4n) is 1.97. The van der Waals surface area contributed by atoms with Crippen molar-refractivity contribution in [3.63, 3.8) is 0 Å². The van der Waals surface area contributed by atoms with E-state index in [9.17, 15) is 10.1 Å². The molecular weight excluding hydrogens is 501 g/mol. The predicted molar refractivity (Wildman–Crippen MR) is 64.8 cm³/mol. The number of halogens is 1. The van der Waals surface area contributed by atoms with Gasteiger partial charge in [0.2, 0.25) is 0 Å². The topological polar surface area (TPSA) is 70.2 Å². The zero-order chi connectivity index (χ0) is 11.9. The first-order valence-corrected chi connectivity index (χ1v) is 5.68. The van der Waals surface area contributed by atoms with Crippen molar-refractivity contribution in [3.8, 4) is 0 Å². The average Bonchev–Trinajstić information content (AvgIpc) is 2.22. The van der Waals surface area contributed by atoms with Crippen molar-refractivity contribution in [2.45, 2.75) is 13.0 Å². The Balaban J connectivity index is 0.00000144. The summed E-state index contributed by atoms with van der Waals surface area (Å²) in [7, 11) is 1.95. The molecule has 89 valence electrons. The van der Waals surface area contributed by atoms with Crippen LogP contribution in [-0.4, -0.2) is 23.4 Å². The molecule has 1 aliphatic rings. The summed E-state index contributed by atoms with van der Waals surface area (Å²) in [6.45, 7) is 1.53. The molecule has 0 saturated carbocycles. The molecule has 0 amide bonds. The van der Waals surface area contributed by atoms with E-state index in [0.29, 0.717) is 6.54 Å². The van der Waals surface area contributed by atoms with Gasteiger partial charge in [0, 0.05) is 67.7 Å². The number of nitrogens with one attached hydrogen (secondary N) is 1. The van der Waals surface area contributed by atoms with Gasteiger partial charge >= 0.3 is 0 Å². The van der Waals surface area contributed by atoms with Crippen molar-refractivity contribution in [1.82, 2.24) is 4.90 Å². The van der Waals surface area contributed by atoms with Crippen LogP contribution in [-0.2, 0) is 13.0 Å². The Morgan fingerprint density at radius 2 is 2.18 bits per heavy atom. The van der Waals surface area contributed by atoms with Gasteiger partial charge in [-0.25, -0.2) is 0 Å². The van der Waals surface area contributed by atoms with Gasteiger partial charge in [0.15, 0.2) is 0 Å². The van der Waals surface area contributed by atoms with Crippen molar-refractivity contribution >= 4 is 27.3 Å². The number of benzene rings is 1. The van der Waals surface area contributed by atoms with Gasteiger partial charge in [0.05, 0.1) is 4.92 Å². The molecule has 0 atom stereocenters. The zero-order valence-electron chi connectivity index (χ0n) is 9.36. The zero-order valence-corrected chi connectivity index (χ0v) is 15.7. The molecule has 0 aromatic heterocycles. The molecule has 17 heavy (non-hydrogen) atoms. The Kier molecular flexibility index (Phi) is 5.39. The fourth-order valence-corrected chi connectivity index (χ4v) is 2.62. The maximum absolute atomic E-state index is 10.8. The number of rotatable bonds is 1. The minimum absolute atomic E-state index is 0. The molecule has 0 saturated heterocycles. The molecule has 1 heterocycles. The Bertz CT molecular complexity index is 467. The Morgan fingerprint density at radius 1 is 1.53 bits per heavy atom. The van der Waals surface area contributed by atoms with Crippen LogP contribution in [0.15, 0.2) is 10.5 Å². The second-order valence-electron chi connectivity index (χ2n) is 3.95. The van der Waals surface area contributed by atoms with Crippen LogP contribution in [0.5, 0.6) is 0 Å². The van der Waals surface area contributed by atoms with E-state index in [2.05, 4.69) is 20.8 Å². The molecule has 0 fully saturated rings. The Hall–Kier alpha value is 0.302. The first-order chi connectivity index (χ1) is 7.50. The number of nitro benzene ring substituents is 1. The van der Waals surface area contributed by atoms with Crippen LogP contribution in [0.3, 0.4) is 0 Å². The number of fused-ring (bicyclic) bond motifs is 1. The van der Waals surface area contributed by atoms with Gasteiger partial charge in [-0.1, -0.05) is 21.6 Å². The first kappa shape index (κ1) is 15.4. The van der Waals surface area contributed by atoms with Crippen molar-refractivity contribution < 1.29 is 49.0 Å². The summed E-state index contributed by atoms with van der Waals surface area (Å²) < 4.78 is 0.748. The first-order valence-electron chi connectivity index (χ1n) is 4.89. The van der Waals surface area contributed by atoms with E-state index in [4.69, 9.17) is 5.73 Å². The van der Waals surface area contributed by atoms with Crippen LogP contribution in [0, 0.1) is 54.2 Å². The van der Waals surface area contributed by atoms with Crippen LogP contribution in [0.4, 0.5) is 11.4 Å². The fraction of sp³-hybridized carbons (Fsp3) is 0.400. The molecule has 0 bridgehead atoms. The van der Waals surface area contributed by atoms with E-state index in [-0.39, 0.29) is 55.4 Å². The number of hydrogen-bond acceptors (Lipinski definition) is 3. The number of hydrogen-bond donors (Lipinski definition) is 0. The van der Waals surface area contributed by atoms with Gasteiger partial charge in [0.1, 0.15) is 0 Å². The summed E-state index contributed by atoms with van der Waals surface area (Å²) in [5, 5.41) is 10.8. The van der Waals surface area contributed by atoms with Gasteiger partial charge in [-0.2, -0.15) is 0 Å². The van der Waals surface area contributed by atoms with Crippen LogP contribution >= 0.6 is 15.9 Å². The second-order valence-corrected chi connectivity index (χ2v) is 4.81. The summed E-state index contributed by atoms with van der Waals surface area (Å²) in [5.74, 6) is 0. The molecule has 1 N–H and O–H groups in total. The molecule has 0 unspecified atom stereocenters. The second kappa shape index (κ2) is 5.96. The van der Waals surface area contributed by atoms with Crippen LogP contribution < -0.4 is 0 Å². The third-order valence-electron chi connectivity index (χ3n) is 2.84. The number of nitro groups is 1. The van der Waals surface area contributed by atoms with Gasteiger partial charge in [-0.3, -0.25) is 10.1 Å². The maximum atomic E-state index is 10.8. The standard InChI is InChI=1S/C10H11BrN3O2.Ac/c1-13-3-2-6-7(5-13)10(12)9(14(15)16)4-8(6)11;/h4,12H,2-3,5H2,1H3;/q-1;. The van der Waals surface area contributed by atoms with E-state index in [1.54, 1.807) is 0 Å². The third kappa shape index (κ3) is 3.01. The largest absolute Gasteiger partial charge is 0.693 e. The summed E-state index contributed by atoms with van der Waals surface area (Å²) in [5.41, 5.74) is 9.59. The van der Waals surface area contributed by atoms with E-state index in [0.717, 1.165) is 28.6 Å². The summed E-state index contributed by atoms with van der Waals surface area (Å²) in [6.07, 6.45) is 0.830. The van der Waals surface area contributed by atoms with Crippen molar-refractivity contribution in [2.24, 2.45) is 0 Å². The Labute approximate surface area is 144 Å². The average molecular weight is 512 g/mol. The molecule has 1 aromatic rings. The summed E-state index contributed by atoms with van der Waals surface area (Å²) in [4.78, 5) is 12.4. The molecule has 0 spiro atoms. The van der Waals surface area contributed by atoms with Crippen molar-refractivity contribution in [2.75, 3.05) is 13.6 Å². The van der Waals surface area contributed by atoms with Crippen molar-refractivity contribution in [3.05, 3.63) is 37.5 Å². The number of likely N-dealkylation sites (N-methyl/N-ethyl adjacent to an activating group) is 1. The molecule has 1 aliphatic heterocycles. The normalized spacial score (nSPS) is 14.9. The van der Waals surface area contributed by atoms with E-state index in [1.807, 2.05) is 7.05 Å². The van der Waals surface area contributed by atoms with Gasteiger partial charge in [-0.05, 0) is 24.6 Å². The molecule has 5 nitrogen and oxygen atoms in total. The summed E-state index contributed by atoms with van der Waals surface area (Å²) >= 11 is 3.35. The molecule has 0 aliphatic carbocycles. The van der Waals surface area contributed by atoms with E-state index < -0.39 is 4.92 Å². The maximum Gasteiger partial charge on any atom is 0.255 e. The molecule has 2 rings (SSSR count). The van der Waals surface area contributed by atoms with Crippen LogP contribution in [0.2, 0.25) is 0 Å². The monoisotopic (exact) mass is 511 g/mol. The van der Waals surface area contributed by atoms with Gasteiger partial charge < -0.3 is 10.6 Å². The summed E-state index contributed by atoms with van der Waals surface area (Å²) in [6, 6.07) is 1.44. The Morgan fingerprint density at radius 3 is 2.76 bits per heavy atom. The van der Waals surface area contributed by atoms with Crippen LogP contribution in [0.25, 0.3) is 5.73 Å². The predicted octanol–water partition coefficient (Wildman–Crippen LogP) is 3.03. The van der Waals surface area contributed by atoms with Crippen molar-refractivity contribution in [1.29, 1.82) is 0 Å². The van der Waals surface area contributed by atoms with E-state index >= 15 is 0 Å².